The van der Waals surface area contributed by atoms with E-state index >= 15 is 0 Å². The van der Waals surface area contributed by atoms with Gasteiger partial charge < -0.3 is 10.4 Å². The van der Waals surface area contributed by atoms with Crippen molar-refractivity contribution in [2.45, 2.75) is 26.0 Å². The average molecular weight is 197 g/mol. The molecule has 78 valence electrons. The van der Waals surface area contributed by atoms with Gasteiger partial charge in [0.2, 0.25) is 0 Å². The Balaban J connectivity index is 2.56. The van der Waals surface area contributed by atoms with Crippen LogP contribution in [0.25, 0.3) is 0 Å². The van der Waals surface area contributed by atoms with Crippen LogP contribution in [0.4, 0.5) is 4.39 Å². The van der Waals surface area contributed by atoms with Crippen LogP contribution in [0.1, 0.15) is 25.5 Å². The molecule has 0 radical (unpaired) electrons. The Morgan fingerprint density at radius 1 is 1.43 bits per heavy atom. The Morgan fingerprint density at radius 3 is 2.71 bits per heavy atom. The van der Waals surface area contributed by atoms with Crippen molar-refractivity contribution in [2.75, 3.05) is 6.54 Å². The molecule has 1 unspecified atom stereocenters. The smallest absolute Gasteiger partial charge is 0.123 e. The van der Waals surface area contributed by atoms with Gasteiger partial charge in [0.25, 0.3) is 0 Å². The van der Waals surface area contributed by atoms with Crippen LogP contribution in [0, 0.1) is 5.82 Å². The van der Waals surface area contributed by atoms with E-state index in [0.717, 1.165) is 5.56 Å². The van der Waals surface area contributed by atoms with E-state index in [4.69, 9.17) is 5.11 Å². The third-order valence-electron chi connectivity index (χ3n) is 2.07. The number of rotatable bonds is 4. The molecule has 1 rings (SSSR count). The van der Waals surface area contributed by atoms with E-state index in [1.165, 1.54) is 12.1 Å². The molecule has 0 bridgehead atoms. The first-order valence-electron chi connectivity index (χ1n) is 4.76. The summed E-state index contributed by atoms with van der Waals surface area (Å²) in [6, 6.07) is 6.53. The highest BCUT2D eigenvalue weighted by Gasteiger charge is 2.06. The number of hydrogen-bond donors (Lipinski definition) is 2. The normalized spacial score (nSPS) is 15.1. The molecule has 3 heteroatoms. The van der Waals surface area contributed by atoms with Gasteiger partial charge in [-0.3, -0.25) is 0 Å². The van der Waals surface area contributed by atoms with E-state index in [0.29, 0.717) is 6.54 Å². The molecular formula is C11H16FNO. The number of aliphatic hydroxyl groups excluding tert-OH is 1. The van der Waals surface area contributed by atoms with Gasteiger partial charge >= 0.3 is 0 Å². The topological polar surface area (TPSA) is 32.3 Å². The summed E-state index contributed by atoms with van der Waals surface area (Å²) in [7, 11) is 0. The molecule has 0 aromatic heterocycles. The molecule has 0 spiro atoms. The number of nitrogens with one attached hydrogen (secondary N) is 1. The van der Waals surface area contributed by atoms with Gasteiger partial charge in [0.15, 0.2) is 0 Å². The van der Waals surface area contributed by atoms with Gasteiger partial charge in [-0.25, -0.2) is 4.39 Å². The van der Waals surface area contributed by atoms with Crippen molar-refractivity contribution in [1.29, 1.82) is 0 Å². The van der Waals surface area contributed by atoms with Gasteiger partial charge in [-0.1, -0.05) is 12.1 Å². The molecule has 1 aromatic rings. The fourth-order valence-electron chi connectivity index (χ4n) is 1.24. The van der Waals surface area contributed by atoms with E-state index < -0.39 is 0 Å². The van der Waals surface area contributed by atoms with Crippen molar-refractivity contribution < 1.29 is 9.50 Å². The summed E-state index contributed by atoms with van der Waals surface area (Å²) in [6.07, 6.45) is -0.383. The second-order valence-corrected chi connectivity index (χ2v) is 3.53. The number of hydrogen-bond acceptors (Lipinski definition) is 2. The lowest BCUT2D eigenvalue weighted by molar-refractivity contribution is 0.187. The van der Waals surface area contributed by atoms with Crippen LogP contribution in [0.3, 0.4) is 0 Å². The highest BCUT2D eigenvalue weighted by atomic mass is 19.1. The first kappa shape index (κ1) is 11.1. The molecule has 14 heavy (non-hydrogen) atoms. The van der Waals surface area contributed by atoms with Gasteiger partial charge in [-0.15, -0.1) is 0 Å². The molecule has 2 nitrogen and oxygen atoms in total. The minimum Gasteiger partial charge on any atom is -0.392 e. The van der Waals surface area contributed by atoms with Crippen LogP contribution in [0.5, 0.6) is 0 Å². The van der Waals surface area contributed by atoms with Crippen molar-refractivity contribution in [3.63, 3.8) is 0 Å². The van der Waals surface area contributed by atoms with Crippen molar-refractivity contribution in [3.8, 4) is 0 Å². The maximum Gasteiger partial charge on any atom is 0.123 e. The quantitative estimate of drug-likeness (QED) is 0.772. The largest absolute Gasteiger partial charge is 0.392 e. The molecule has 2 atom stereocenters. The lowest BCUT2D eigenvalue weighted by Crippen LogP contribution is -2.27. The molecule has 0 heterocycles. The van der Waals surface area contributed by atoms with Gasteiger partial charge in [0.05, 0.1) is 6.10 Å². The molecule has 0 aliphatic rings. The second kappa shape index (κ2) is 5.08. The van der Waals surface area contributed by atoms with E-state index in [-0.39, 0.29) is 18.0 Å². The summed E-state index contributed by atoms with van der Waals surface area (Å²) in [6.45, 7) is 4.17. The fraction of sp³-hybridized carbons (Fsp3) is 0.455. The standard InChI is InChI=1S/C11H16FNO/c1-8(14)7-13-9(2)10-4-3-5-11(12)6-10/h3-6,8-9,13-14H,7H2,1-2H3/t8?,9-/m0/s1. The van der Waals surface area contributed by atoms with Crippen molar-refractivity contribution in [2.24, 2.45) is 0 Å². The summed E-state index contributed by atoms with van der Waals surface area (Å²) in [5.41, 5.74) is 0.894. The van der Waals surface area contributed by atoms with E-state index in [1.54, 1.807) is 13.0 Å². The summed E-state index contributed by atoms with van der Waals surface area (Å²) in [5.74, 6) is -0.229. The average Bonchev–Trinajstić information content (AvgIpc) is 2.14. The molecule has 0 saturated carbocycles. The van der Waals surface area contributed by atoms with E-state index in [2.05, 4.69) is 5.32 Å². The van der Waals surface area contributed by atoms with Crippen molar-refractivity contribution in [1.82, 2.24) is 5.32 Å². The molecule has 0 fully saturated rings. The molecule has 1 aromatic carbocycles. The van der Waals surface area contributed by atoms with Crippen LogP contribution in [0.2, 0.25) is 0 Å². The maximum absolute atomic E-state index is 12.8. The monoisotopic (exact) mass is 197 g/mol. The summed E-state index contributed by atoms with van der Waals surface area (Å²) >= 11 is 0. The van der Waals surface area contributed by atoms with Gasteiger partial charge in [-0.05, 0) is 31.5 Å². The first-order valence-corrected chi connectivity index (χ1v) is 4.76. The zero-order valence-corrected chi connectivity index (χ0v) is 8.50. The maximum atomic E-state index is 12.8. The second-order valence-electron chi connectivity index (χ2n) is 3.53. The Labute approximate surface area is 83.8 Å². The van der Waals surface area contributed by atoms with Crippen LogP contribution in [0.15, 0.2) is 24.3 Å². The van der Waals surface area contributed by atoms with Gasteiger partial charge in [0.1, 0.15) is 5.82 Å². The van der Waals surface area contributed by atoms with Gasteiger partial charge in [0, 0.05) is 12.6 Å². The number of aliphatic hydroxyl groups is 1. The minimum atomic E-state index is -0.383. The molecule has 0 aliphatic carbocycles. The van der Waals surface area contributed by atoms with E-state index in [9.17, 15) is 4.39 Å². The number of halogens is 1. The SMILES string of the molecule is CC(O)CN[C@@H](C)c1cccc(F)c1. The van der Waals surface area contributed by atoms with E-state index in [1.807, 2.05) is 13.0 Å². The third kappa shape index (κ3) is 3.44. The first-order chi connectivity index (χ1) is 6.59. The fourth-order valence-corrected chi connectivity index (χ4v) is 1.24. The van der Waals surface area contributed by atoms with Crippen molar-refractivity contribution in [3.05, 3.63) is 35.6 Å². The Morgan fingerprint density at radius 2 is 2.14 bits per heavy atom. The number of benzene rings is 1. The van der Waals surface area contributed by atoms with Gasteiger partial charge in [-0.2, -0.15) is 0 Å². The lowest BCUT2D eigenvalue weighted by Gasteiger charge is -2.15. The van der Waals surface area contributed by atoms with Crippen LogP contribution in [-0.2, 0) is 0 Å². The molecule has 0 amide bonds. The van der Waals surface area contributed by atoms with Crippen LogP contribution in [-0.4, -0.2) is 17.8 Å². The third-order valence-corrected chi connectivity index (χ3v) is 2.07. The highest BCUT2D eigenvalue weighted by Crippen LogP contribution is 2.12. The zero-order chi connectivity index (χ0) is 10.6. The molecule has 0 saturated heterocycles. The summed E-state index contributed by atoms with van der Waals surface area (Å²) < 4.78 is 12.8. The lowest BCUT2D eigenvalue weighted by atomic mass is 10.1. The summed E-state index contributed by atoms with van der Waals surface area (Å²) in [5, 5.41) is 12.2. The Kier molecular flexibility index (Phi) is 4.04. The highest BCUT2D eigenvalue weighted by molar-refractivity contribution is 5.19. The van der Waals surface area contributed by atoms with Crippen LogP contribution < -0.4 is 5.32 Å². The zero-order valence-electron chi connectivity index (χ0n) is 8.50. The van der Waals surface area contributed by atoms with Crippen LogP contribution >= 0.6 is 0 Å². The molecule has 2 N–H and O–H groups in total. The molecular weight excluding hydrogens is 181 g/mol. The van der Waals surface area contributed by atoms with Crippen molar-refractivity contribution >= 4 is 0 Å². The Hall–Kier alpha value is -0.930. The Bertz CT molecular complexity index is 288. The summed E-state index contributed by atoms with van der Waals surface area (Å²) in [4.78, 5) is 0. The minimum absolute atomic E-state index is 0.0558. The molecule has 0 aliphatic heterocycles. The predicted octanol–water partition coefficient (Wildman–Crippen LogP) is 1.86. The predicted molar refractivity (Wildman–Crippen MR) is 54.5 cm³/mol.